The van der Waals surface area contributed by atoms with Gasteiger partial charge in [0.15, 0.2) is 5.76 Å². The van der Waals surface area contributed by atoms with Crippen LogP contribution in [0, 0.1) is 0 Å². The third-order valence-corrected chi connectivity index (χ3v) is 4.43. The Kier molecular flexibility index (Phi) is 6.56. The lowest BCUT2D eigenvalue weighted by molar-refractivity contribution is -0.122. The Morgan fingerprint density at radius 1 is 1.25 bits per heavy atom. The lowest BCUT2D eigenvalue weighted by atomic mass is 10.1. The Morgan fingerprint density at radius 2 is 1.88 bits per heavy atom. The number of carbonyl (C=O) groups is 2. The lowest BCUT2D eigenvalue weighted by Crippen LogP contribution is -2.44. The second-order valence-corrected chi connectivity index (χ2v) is 8.07. The summed E-state index contributed by atoms with van der Waals surface area (Å²) < 4.78 is 31.8. The van der Waals surface area contributed by atoms with Crippen LogP contribution in [0.2, 0.25) is 0 Å². The largest absolute Gasteiger partial charge is 0.438 e. The van der Waals surface area contributed by atoms with Gasteiger partial charge >= 0.3 is 0 Å². The van der Waals surface area contributed by atoms with Crippen molar-refractivity contribution >= 4 is 21.8 Å². The molecule has 0 radical (unpaired) electrons. The van der Waals surface area contributed by atoms with E-state index in [4.69, 9.17) is 4.42 Å². The minimum atomic E-state index is -3.86. The SMILES string of the molecule is CCCNC(=O)[C@@H](C)NC(=O)c1ccc(S(=O)(=O)NC(C)(C)C)o1. The van der Waals surface area contributed by atoms with Crippen LogP contribution in [-0.4, -0.2) is 38.4 Å². The van der Waals surface area contributed by atoms with Crippen LogP contribution in [0.1, 0.15) is 51.6 Å². The van der Waals surface area contributed by atoms with Crippen molar-refractivity contribution in [1.82, 2.24) is 15.4 Å². The molecule has 1 aromatic heterocycles. The Hall–Kier alpha value is -1.87. The highest BCUT2D eigenvalue weighted by Gasteiger charge is 2.26. The number of nitrogens with one attached hydrogen (secondary N) is 3. The first-order valence-corrected chi connectivity index (χ1v) is 9.17. The Morgan fingerprint density at radius 3 is 2.42 bits per heavy atom. The van der Waals surface area contributed by atoms with Crippen molar-refractivity contribution in [3.63, 3.8) is 0 Å². The van der Waals surface area contributed by atoms with Gasteiger partial charge in [-0.1, -0.05) is 6.92 Å². The number of hydrogen-bond donors (Lipinski definition) is 3. The standard InChI is InChI=1S/C15H25N3O5S/c1-6-9-16-13(19)10(2)17-14(20)11-7-8-12(23-11)24(21,22)18-15(3,4)5/h7-8,10,18H,6,9H2,1-5H3,(H,16,19)(H,17,20)/t10-/m1/s1. The molecule has 0 bridgehead atoms. The van der Waals surface area contributed by atoms with Gasteiger partial charge in [-0.2, -0.15) is 0 Å². The normalized spacial score (nSPS) is 13.4. The van der Waals surface area contributed by atoms with Gasteiger partial charge in [-0.3, -0.25) is 9.59 Å². The summed E-state index contributed by atoms with van der Waals surface area (Å²) in [5.41, 5.74) is -0.681. The highest BCUT2D eigenvalue weighted by atomic mass is 32.2. The van der Waals surface area contributed by atoms with Gasteiger partial charge in [0.25, 0.3) is 15.9 Å². The smallest absolute Gasteiger partial charge is 0.287 e. The van der Waals surface area contributed by atoms with E-state index in [0.29, 0.717) is 6.54 Å². The molecule has 0 saturated heterocycles. The zero-order valence-electron chi connectivity index (χ0n) is 14.6. The van der Waals surface area contributed by atoms with E-state index >= 15 is 0 Å². The van der Waals surface area contributed by atoms with Gasteiger partial charge < -0.3 is 15.1 Å². The summed E-state index contributed by atoms with van der Waals surface area (Å²) in [6.45, 7) is 9.04. The maximum atomic E-state index is 12.1. The van der Waals surface area contributed by atoms with Gasteiger partial charge in [0.2, 0.25) is 11.0 Å². The van der Waals surface area contributed by atoms with Crippen molar-refractivity contribution in [2.75, 3.05) is 6.54 Å². The summed E-state index contributed by atoms with van der Waals surface area (Å²) in [4.78, 5) is 23.8. The van der Waals surface area contributed by atoms with Crippen LogP contribution in [0.25, 0.3) is 0 Å². The number of rotatable bonds is 7. The number of carbonyl (C=O) groups excluding carboxylic acids is 2. The number of sulfonamides is 1. The molecule has 136 valence electrons. The summed E-state index contributed by atoms with van der Waals surface area (Å²) in [6.07, 6.45) is 0.784. The van der Waals surface area contributed by atoms with Crippen LogP contribution in [0.15, 0.2) is 21.6 Å². The molecule has 1 heterocycles. The maximum absolute atomic E-state index is 12.1. The number of amides is 2. The van der Waals surface area contributed by atoms with Crippen LogP contribution in [0.4, 0.5) is 0 Å². The zero-order chi connectivity index (χ0) is 18.5. The van der Waals surface area contributed by atoms with Crippen molar-refractivity contribution < 1.29 is 22.4 Å². The van der Waals surface area contributed by atoms with Gasteiger partial charge in [-0.05, 0) is 46.2 Å². The van der Waals surface area contributed by atoms with Crippen LogP contribution in [0.3, 0.4) is 0 Å². The molecule has 0 spiro atoms. The van der Waals surface area contributed by atoms with Crippen molar-refractivity contribution in [3.8, 4) is 0 Å². The third kappa shape index (κ3) is 5.97. The molecule has 0 saturated carbocycles. The van der Waals surface area contributed by atoms with Crippen LogP contribution >= 0.6 is 0 Å². The van der Waals surface area contributed by atoms with Crippen LogP contribution < -0.4 is 15.4 Å². The Bertz CT molecular complexity index is 688. The Labute approximate surface area is 142 Å². The van der Waals surface area contributed by atoms with E-state index in [1.54, 1.807) is 20.8 Å². The van der Waals surface area contributed by atoms with E-state index in [2.05, 4.69) is 15.4 Å². The highest BCUT2D eigenvalue weighted by molar-refractivity contribution is 7.89. The van der Waals surface area contributed by atoms with E-state index in [9.17, 15) is 18.0 Å². The minimum Gasteiger partial charge on any atom is -0.438 e. The molecular weight excluding hydrogens is 334 g/mol. The summed E-state index contributed by atoms with van der Waals surface area (Å²) in [6, 6.07) is 1.69. The monoisotopic (exact) mass is 359 g/mol. The van der Waals surface area contributed by atoms with E-state index in [1.165, 1.54) is 19.1 Å². The molecule has 0 fully saturated rings. The lowest BCUT2D eigenvalue weighted by Gasteiger charge is -2.19. The topological polar surface area (TPSA) is 118 Å². The van der Waals surface area contributed by atoms with E-state index in [-0.39, 0.29) is 16.8 Å². The minimum absolute atomic E-state index is 0.181. The second-order valence-electron chi connectivity index (χ2n) is 6.46. The fraction of sp³-hybridized carbons (Fsp3) is 0.600. The molecule has 0 aliphatic rings. The molecule has 0 aliphatic carbocycles. The molecule has 0 aromatic carbocycles. The first-order chi connectivity index (χ1) is 11.0. The van der Waals surface area contributed by atoms with Gasteiger partial charge in [0, 0.05) is 12.1 Å². The predicted octanol–water partition coefficient (Wildman–Crippen LogP) is 1.00. The number of furan rings is 1. The van der Waals surface area contributed by atoms with E-state index < -0.39 is 27.5 Å². The molecule has 8 nitrogen and oxygen atoms in total. The molecule has 1 rings (SSSR count). The fourth-order valence-electron chi connectivity index (χ4n) is 1.77. The van der Waals surface area contributed by atoms with Crippen molar-refractivity contribution in [1.29, 1.82) is 0 Å². The van der Waals surface area contributed by atoms with E-state index in [1.807, 2.05) is 6.92 Å². The Balaban J connectivity index is 2.78. The van der Waals surface area contributed by atoms with Gasteiger partial charge in [-0.15, -0.1) is 0 Å². The summed E-state index contributed by atoms with van der Waals surface area (Å²) in [5.74, 6) is -1.16. The molecular formula is C15H25N3O5S. The molecule has 1 atom stereocenters. The zero-order valence-corrected chi connectivity index (χ0v) is 15.4. The first-order valence-electron chi connectivity index (χ1n) is 7.68. The predicted molar refractivity (Wildman–Crippen MR) is 89.0 cm³/mol. The first kappa shape index (κ1) is 20.2. The summed E-state index contributed by atoms with van der Waals surface area (Å²) in [5, 5.41) is 4.76. The molecule has 0 aliphatic heterocycles. The molecule has 2 amide bonds. The van der Waals surface area contributed by atoms with Crippen LogP contribution in [0.5, 0.6) is 0 Å². The molecule has 3 N–H and O–H groups in total. The van der Waals surface area contributed by atoms with Crippen molar-refractivity contribution in [3.05, 3.63) is 17.9 Å². The quantitative estimate of drug-likeness (QED) is 0.671. The molecule has 1 aromatic rings. The van der Waals surface area contributed by atoms with E-state index in [0.717, 1.165) is 6.42 Å². The third-order valence-electron chi connectivity index (χ3n) is 2.80. The van der Waals surface area contributed by atoms with Crippen LogP contribution in [-0.2, 0) is 14.8 Å². The average Bonchev–Trinajstić information content (AvgIpc) is 2.92. The average molecular weight is 359 g/mol. The maximum Gasteiger partial charge on any atom is 0.287 e. The van der Waals surface area contributed by atoms with Gasteiger partial charge in [0.1, 0.15) is 6.04 Å². The molecule has 9 heteroatoms. The fourth-order valence-corrected chi connectivity index (χ4v) is 3.13. The van der Waals surface area contributed by atoms with Gasteiger partial charge in [-0.25, -0.2) is 13.1 Å². The second kappa shape index (κ2) is 7.80. The number of hydrogen-bond acceptors (Lipinski definition) is 5. The molecule has 24 heavy (non-hydrogen) atoms. The molecule has 0 unspecified atom stereocenters. The summed E-state index contributed by atoms with van der Waals surface area (Å²) in [7, 11) is -3.86. The van der Waals surface area contributed by atoms with Crippen molar-refractivity contribution in [2.24, 2.45) is 0 Å². The summed E-state index contributed by atoms with van der Waals surface area (Å²) >= 11 is 0. The highest BCUT2D eigenvalue weighted by Crippen LogP contribution is 2.16. The van der Waals surface area contributed by atoms with Gasteiger partial charge in [0.05, 0.1) is 0 Å². The van der Waals surface area contributed by atoms with Crippen molar-refractivity contribution in [2.45, 2.75) is 57.7 Å².